The summed E-state index contributed by atoms with van der Waals surface area (Å²) in [5.41, 5.74) is 0.508. The maximum Gasteiger partial charge on any atom is 0.350 e. The lowest BCUT2D eigenvalue weighted by molar-refractivity contribution is 0.0769. The minimum atomic E-state index is -0.348. The molecule has 12 heavy (non-hydrogen) atoms. The quantitative estimate of drug-likeness (QED) is 0.690. The van der Waals surface area contributed by atoms with Crippen LogP contribution in [-0.2, 0) is 4.18 Å². The number of hydrogen-bond donors (Lipinski definition) is 0. The highest BCUT2D eigenvalue weighted by molar-refractivity contribution is 7.94. The lowest BCUT2D eigenvalue weighted by Crippen LogP contribution is -1.98. The van der Waals surface area contributed by atoms with Gasteiger partial charge in [-0.15, -0.1) is 0 Å². The molecule has 1 rings (SSSR count). The molecular weight excluding hydrogens is 196 g/mol. The summed E-state index contributed by atoms with van der Waals surface area (Å²) in [7, 11) is 0. The van der Waals surface area contributed by atoms with Crippen molar-refractivity contribution in [1.82, 2.24) is 0 Å². The molecule has 0 bridgehead atoms. The van der Waals surface area contributed by atoms with Crippen LogP contribution in [0, 0.1) is 0 Å². The van der Waals surface area contributed by atoms with E-state index < -0.39 is 0 Å². The van der Waals surface area contributed by atoms with Crippen LogP contribution in [-0.4, -0.2) is 12.2 Å². The van der Waals surface area contributed by atoms with E-state index in [0.29, 0.717) is 10.6 Å². The molecule has 0 aliphatic rings. The smallest absolute Gasteiger partial charge is 0.350 e. The van der Waals surface area contributed by atoms with Crippen LogP contribution in [0.2, 0.25) is 5.02 Å². The fraction of sp³-hybridized carbons (Fsp3) is 0.125. The number of halogens is 1. The third kappa shape index (κ3) is 2.43. The van der Waals surface area contributed by atoms with Crippen molar-refractivity contribution in [2.24, 2.45) is 0 Å². The van der Waals surface area contributed by atoms with Crippen molar-refractivity contribution in [3.05, 3.63) is 34.9 Å². The Labute approximate surface area is 80.1 Å². The molecule has 0 unspecified atom stereocenters. The molecule has 1 aromatic rings. The summed E-state index contributed by atoms with van der Waals surface area (Å²) in [5.74, 6) is -0.348. The maximum atomic E-state index is 11.1. The largest absolute Gasteiger partial charge is 0.388 e. The third-order valence-electron chi connectivity index (χ3n) is 1.24. The molecule has 0 heterocycles. The second kappa shape index (κ2) is 4.38. The molecule has 0 aromatic heterocycles. The monoisotopic (exact) mass is 202 g/mol. The van der Waals surface area contributed by atoms with Crippen LogP contribution in [0.25, 0.3) is 0 Å². The van der Waals surface area contributed by atoms with Crippen molar-refractivity contribution >= 4 is 29.6 Å². The van der Waals surface area contributed by atoms with Crippen LogP contribution in [0.1, 0.15) is 10.4 Å². The van der Waals surface area contributed by atoms with E-state index in [1.807, 2.05) is 0 Å². The lowest BCUT2D eigenvalue weighted by Gasteiger charge is -1.98. The SMILES string of the molecule is CSOC(=O)c1ccc(Cl)cc1. The summed E-state index contributed by atoms with van der Waals surface area (Å²) >= 11 is 6.66. The molecule has 0 saturated heterocycles. The van der Waals surface area contributed by atoms with Crippen LogP contribution in [0.5, 0.6) is 0 Å². The first-order valence-electron chi connectivity index (χ1n) is 3.24. The predicted molar refractivity (Wildman–Crippen MR) is 50.4 cm³/mol. The molecule has 2 nitrogen and oxygen atoms in total. The van der Waals surface area contributed by atoms with Gasteiger partial charge in [0, 0.05) is 11.3 Å². The molecule has 0 aliphatic heterocycles. The molecule has 0 saturated carbocycles. The first-order valence-corrected chi connectivity index (χ1v) is 4.77. The standard InChI is InChI=1S/C8H7ClO2S/c1-12-11-8(10)6-2-4-7(9)5-3-6/h2-5H,1H3. The Morgan fingerprint density at radius 2 is 2.00 bits per heavy atom. The van der Waals surface area contributed by atoms with E-state index in [0.717, 1.165) is 12.0 Å². The highest BCUT2D eigenvalue weighted by atomic mass is 35.5. The molecule has 0 fully saturated rings. The van der Waals surface area contributed by atoms with Crippen molar-refractivity contribution in [3.8, 4) is 0 Å². The van der Waals surface area contributed by atoms with Gasteiger partial charge in [-0.3, -0.25) is 0 Å². The van der Waals surface area contributed by atoms with Gasteiger partial charge < -0.3 is 4.18 Å². The normalized spacial score (nSPS) is 9.50. The Bertz CT molecular complexity index is 271. The minimum Gasteiger partial charge on any atom is -0.388 e. The van der Waals surface area contributed by atoms with Gasteiger partial charge in [0.05, 0.1) is 17.6 Å². The zero-order valence-electron chi connectivity index (χ0n) is 6.41. The summed E-state index contributed by atoms with van der Waals surface area (Å²) in [6.45, 7) is 0. The average molecular weight is 203 g/mol. The summed E-state index contributed by atoms with van der Waals surface area (Å²) in [4.78, 5) is 11.1. The van der Waals surface area contributed by atoms with E-state index in [1.54, 1.807) is 30.5 Å². The topological polar surface area (TPSA) is 26.3 Å². The second-order valence-electron chi connectivity index (χ2n) is 2.04. The van der Waals surface area contributed by atoms with Gasteiger partial charge >= 0.3 is 5.97 Å². The van der Waals surface area contributed by atoms with E-state index in [2.05, 4.69) is 0 Å². The first-order chi connectivity index (χ1) is 5.74. The highest BCUT2D eigenvalue weighted by Gasteiger charge is 2.05. The molecule has 0 atom stereocenters. The predicted octanol–water partition coefficient (Wildman–Crippen LogP) is 2.77. The molecule has 0 spiro atoms. The van der Waals surface area contributed by atoms with Gasteiger partial charge in [0.2, 0.25) is 0 Å². The molecule has 0 amide bonds. The summed E-state index contributed by atoms with van der Waals surface area (Å²) in [6, 6.07) is 6.55. The number of benzene rings is 1. The Kier molecular flexibility index (Phi) is 3.44. The van der Waals surface area contributed by atoms with E-state index in [4.69, 9.17) is 15.8 Å². The minimum absolute atomic E-state index is 0.348. The highest BCUT2D eigenvalue weighted by Crippen LogP contribution is 2.11. The lowest BCUT2D eigenvalue weighted by atomic mass is 10.2. The van der Waals surface area contributed by atoms with E-state index in [9.17, 15) is 4.79 Å². The van der Waals surface area contributed by atoms with Crippen molar-refractivity contribution in [1.29, 1.82) is 0 Å². The van der Waals surface area contributed by atoms with Gasteiger partial charge in [0.25, 0.3) is 0 Å². The fourth-order valence-electron chi connectivity index (χ4n) is 0.710. The zero-order chi connectivity index (χ0) is 8.97. The molecule has 0 aliphatic carbocycles. The van der Waals surface area contributed by atoms with E-state index in [-0.39, 0.29) is 5.97 Å². The van der Waals surface area contributed by atoms with Crippen molar-refractivity contribution in [2.45, 2.75) is 0 Å². The Balaban J connectivity index is 2.75. The van der Waals surface area contributed by atoms with Crippen LogP contribution >= 0.6 is 23.6 Å². The van der Waals surface area contributed by atoms with E-state index in [1.165, 1.54) is 0 Å². The Hall–Kier alpha value is -0.670. The van der Waals surface area contributed by atoms with Crippen LogP contribution < -0.4 is 0 Å². The Morgan fingerprint density at radius 1 is 1.42 bits per heavy atom. The maximum absolute atomic E-state index is 11.1. The van der Waals surface area contributed by atoms with Crippen LogP contribution in [0.3, 0.4) is 0 Å². The number of hydrogen-bond acceptors (Lipinski definition) is 3. The van der Waals surface area contributed by atoms with E-state index >= 15 is 0 Å². The fourth-order valence-corrected chi connectivity index (χ4v) is 1.08. The van der Waals surface area contributed by atoms with Crippen LogP contribution in [0.4, 0.5) is 0 Å². The molecule has 64 valence electrons. The van der Waals surface area contributed by atoms with Gasteiger partial charge in [-0.05, 0) is 24.3 Å². The summed E-state index contributed by atoms with van der Waals surface area (Å²) < 4.78 is 4.70. The molecular formula is C8H7ClO2S. The van der Waals surface area contributed by atoms with Gasteiger partial charge in [-0.1, -0.05) is 11.6 Å². The molecule has 0 radical (unpaired) electrons. The van der Waals surface area contributed by atoms with Crippen molar-refractivity contribution in [2.75, 3.05) is 6.26 Å². The van der Waals surface area contributed by atoms with Crippen LogP contribution in [0.15, 0.2) is 24.3 Å². The number of carbonyl (C=O) groups is 1. The zero-order valence-corrected chi connectivity index (χ0v) is 7.98. The average Bonchev–Trinajstić information content (AvgIpc) is 2.06. The summed E-state index contributed by atoms with van der Waals surface area (Å²) in [5, 5.41) is 0.607. The van der Waals surface area contributed by atoms with Crippen molar-refractivity contribution in [3.63, 3.8) is 0 Å². The van der Waals surface area contributed by atoms with Gasteiger partial charge in [-0.2, -0.15) is 0 Å². The molecule has 1 aromatic carbocycles. The first kappa shape index (κ1) is 9.42. The number of carbonyl (C=O) groups excluding carboxylic acids is 1. The van der Waals surface area contributed by atoms with Gasteiger partial charge in [-0.25, -0.2) is 4.79 Å². The Morgan fingerprint density at radius 3 is 2.50 bits per heavy atom. The molecule has 0 N–H and O–H groups in total. The second-order valence-corrected chi connectivity index (χ2v) is 2.98. The molecule has 4 heteroatoms. The van der Waals surface area contributed by atoms with Crippen molar-refractivity contribution < 1.29 is 8.98 Å². The van der Waals surface area contributed by atoms with Gasteiger partial charge in [0.15, 0.2) is 0 Å². The third-order valence-corrected chi connectivity index (χ3v) is 1.81. The summed E-state index contributed by atoms with van der Waals surface area (Å²) in [6.07, 6.45) is 1.69. The van der Waals surface area contributed by atoms with Gasteiger partial charge in [0.1, 0.15) is 0 Å². The number of rotatable bonds is 2.